The first-order valence-electron chi connectivity index (χ1n) is 7.73. The summed E-state index contributed by atoms with van der Waals surface area (Å²) < 4.78 is 13.3. The molecule has 1 fully saturated rings. The summed E-state index contributed by atoms with van der Waals surface area (Å²) in [6.45, 7) is 1.65. The van der Waals surface area contributed by atoms with Gasteiger partial charge in [-0.25, -0.2) is 4.39 Å². The molecule has 2 N–H and O–H groups in total. The maximum Gasteiger partial charge on any atom is 0.230 e. The van der Waals surface area contributed by atoms with E-state index >= 15 is 0 Å². The SMILES string of the molecule is CN(C)CCCNC(=O)C1(c2c[nH]c3cc(F)ccc23)CC1. The average molecular weight is 303 g/mol. The molecule has 4 nitrogen and oxygen atoms in total. The third kappa shape index (κ3) is 2.73. The predicted molar refractivity (Wildman–Crippen MR) is 85.3 cm³/mol. The predicted octanol–water partition coefficient (Wildman–Crippen LogP) is 2.41. The Kier molecular flexibility index (Phi) is 3.91. The molecule has 1 heterocycles. The Morgan fingerprint density at radius 3 is 2.86 bits per heavy atom. The molecule has 1 aromatic heterocycles. The molecule has 1 aliphatic carbocycles. The number of hydrogen-bond acceptors (Lipinski definition) is 2. The number of carbonyl (C=O) groups is 1. The fourth-order valence-corrected chi connectivity index (χ4v) is 3.00. The quantitative estimate of drug-likeness (QED) is 0.805. The van der Waals surface area contributed by atoms with Crippen molar-refractivity contribution in [1.82, 2.24) is 15.2 Å². The van der Waals surface area contributed by atoms with E-state index in [1.54, 1.807) is 6.07 Å². The topological polar surface area (TPSA) is 48.1 Å². The van der Waals surface area contributed by atoms with Gasteiger partial charge in [0.05, 0.1) is 5.41 Å². The van der Waals surface area contributed by atoms with Crippen molar-refractivity contribution in [2.45, 2.75) is 24.7 Å². The number of benzene rings is 1. The van der Waals surface area contributed by atoms with Crippen LogP contribution in [0.5, 0.6) is 0 Å². The maximum atomic E-state index is 13.3. The zero-order chi connectivity index (χ0) is 15.7. The van der Waals surface area contributed by atoms with Crippen LogP contribution in [0.1, 0.15) is 24.8 Å². The van der Waals surface area contributed by atoms with Crippen molar-refractivity contribution in [3.63, 3.8) is 0 Å². The van der Waals surface area contributed by atoms with Crippen LogP contribution in [0.15, 0.2) is 24.4 Å². The lowest BCUT2D eigenvalue weighted by atomic mass is 9.94. The van der Waals surface area contributed by atoms with Crippen LogP contribution in [0.4, 0.5) is 4.39 Å². The second kappa shape index (κ2) is 5.72. The van der Waals surface area contributed by atoms with Gasteiger partial charge in [-0.1, -0.05) is 0 Å². The number of nitrogens with zero attached hydrogens (tertiary/aromatic N) is 1. The number of nitrogens with one attached hydrogen (secondary N) is 2. The molecule has 5 heteroatoms. The van der Waals surface area contributed by atoms with E-state index < -0.39 is 5.41 Å². The van der Waals surface area contributed by atoms with E-state index in [-0.39, 0.29) is 11.7 Å². The first-order chi connectivity index (χ1) is 10.5. The van der Waals surface area contributed by atoms with Crippen molar-refractivity contribution in [2.24, 2.45) is 0 Å². The molecular formula is C17H22FN3O. The minimum Gasteiger partial charge on any atom is -0.361 e. The number of halogens is 1. The monoisotopic (exact) mass is 303 g/mol. The van der Waals surface area contributed by atoms with Crippen LogP contribution in [0.3, 0.4) is 0 Å². The lowest BCUT2D eigenvalue weighted by Gasteiger charge is -2.16. The average Bonchev–Trinajstić information content (AvgIpc) is 3.18. The second-order valence-electron chi connectivity index (χ2n) is 6.39. The van der Waals surface area contributed by atoms with Crippen molar-refractivity contribution in [1.29, 1.82) is 0 Å². The molecule has 0 saturated heterocycles. The second-order valence-corrected chi connectivity index (χ2v) is 6.39. The number of aromatic nitrogens is 1. The molecule has 1 amide bonds. The highest BCUT2D eigenvalue weighted by atomic mass is 19.1. The summed E-state index contributed by atoms with van der Waals surface area (Å²) in [5.41, 5.74) is 1.32. The van der Waals surface area contributed by atoms with Gasteiger partial charge in [-0.3, -0.25) is 4.79 Å². The molecule has 1 aliphatic rings. The van der Waals surface area contributed by atoms with E-state index in [2.05, 4.69) is 15.2 Å². The van der Waals surface area contributed by atoms with E-state index in [9.17, 15) is 9.18 Å². The highest BCUT2D eigenvalue weighted by Crippen LogP contribution is 2.50. The first-order valence-corrected chi connectivity index (χ1v) is 7.73. The van der Waals surface area contributed by atoms with Crippen LogP contribution in [-0.2, 0) is 10.2 Å². The summed E-state index contributed by atoms with van der Waals surface area (Å²) in [6.07, 6.45) is 4.51. The van der Waals surface area contributed by atoms with Crippen molar-refractivity contribution < 1.29 is 9.18 Å². The third-order valence-corrected chi connectivity index (χ3v) is 4.41. The Balaban J connectivity index is 1.73. The Hall–Kier alpha value is -1.88. The van der Waals surface area contributed by atoms with E-state index in [1.807, 2.05) is 20.3 Å². The fourth-order valence-electron chi connectivity index (χ4n) is 3.00. The van der Waals surface area contributed by atoms with Crippen LogP contribution >= 0.6 is 0 Å². The smallest absolute Gasteiger partial charge is 0.230 e. The number of amides is 1. The largest absolute Gasteiger partial charge is 0.361 e. The normalized spacial score (nSPS) is 16.2. The van der Waals surface area contributed by atoms with Gasteiger partial charge < -0.3 is 15.2 Å². The summed E-state index contributed by atoms with van der Waals surface area (Å²) in [7, 11) is 4.05. The molecule has 1 saturated carbocycles. The summed E-state index contributed by atoms with van der Waals surface area (Å²) >= 11 is 0. The molecular weight excluding hydrogens is 281 g/mol. The summed E-state index contributed by atoms with van der Waals surface area (Å²) in [5, 5.41) is 4.00. The number of rotatable bonds is 6. The van der Waals surface area contributed by atoms with E-state index in [4.69, 9.17) is 0 Å². The Bertz CT molecular complexity index is 688. The van der Waals surface area contributed by atoms with Gasteiger partial charge in [0, 0.05) is 23.6 Å². The zero-order valence-electron chi connectivity index (χ0n) is 13.1. The van der Waals surface area contributed by atoms with E-state index in [0.29, 0.717) is 6.54 Å². The number of aromatic amines is 1. The first kappa shape index (κ1) is 15.0. The number of H-pyrrole nitrogens is 1. The van der Waals surface area contributed by atoms with Gasteiger partial charge in [0.25, 0.3) is 0 Å². The molecule has 118 valence electrons. The number of hydrogen-bond donors (Lipinski definition) is 2. The molecule has 0 bridgehead atoms. The maximum absolute atomic E-state index is 13.3. The summed E-state index contributed by atoms with van der Waals surface area (Å²) in [6, 6.07) is 4.69. The lowest BCUT2D eigenvalue weighted by Crippen LogP contribution is -2.36. The van der Waals surface area contributed by atoms with E-state index in [0.717, 1.165) is 42.3 Å². The summed E-state index contributed by atoms with van der Waals surface area (Å²) in [5.74, 6) is -0.171. The van der Waals surface area contributed by atoms with Crippen LogP contribution in [-0.4, -0.2) is 43.0 Å². The molecule has 22 heavy (non-hydrogen) atoms. The van der Waals surface area contributed by atoms with Crippen LogP contribution in [0.2, 0.25) is 0 Å². The molecule has 0 aliphatic heterocycles. The van der Waals surface area contributed by atoms with Gasteiger partial charge in [-0.05, 0) is 63.7 Å². The molecule has 0 atom stereocenters. The third-order valence-electron chi connectivity index (χ3n) is 4.41. The van der Waals surface area contributed by atoms with Gasteiger partial charge in [0.15, 0.2) is 0 Å². The molecule has 0 spiro atoms. The Morgan fingerprint density at radius 1 is 1.41 bits per heavy atom. The highest BCUT2D eigenvalue weighted by molar-refractivity contribution is 5.97. The lowest BCUT2D eigenvalue weighted by molar-refractivity contribution is -0.123. The fraction of sp³-hybridized carbons (Fsp3) is 0.471. The van der Waals surface area contributed by atoms with Gasteiger partial charge in [0.2, 0.25) is 5.91 Å². The highest BCUT2D eigenvalue weighted by Gasteiger charge is 2.52. The van der Waals surface area contributed by atoms with Crippen LogP contribution < -0.4 is 5.32 Å². The van der Waals surface area contributed by atoms with Gasteiger partial charge in [-0.2, -0.15) is 0 Å². The Labute approximate surface area is 129 Å². The van der Waals surface area contributed by atoms with Crippen LogP contribution in [0.25, 0.3) is 10.9 Å². The van der Waals surface area contributed by atoms with Gasteiger partial charge in [0.1, 0.15) is 5.82 Å². The van der Waals surface area contributed by atoms with Crippen molar-refractivity contribution in [2.75, 3.05) is 27.2 Å². The minimum atomic E-state index is -0.422. The van der Waals surface area contributed by atoms with Gasteiger partial charge in [-0.15, -0.1) is 0 Å². The van der Waals surface area contributed by atoms with Crippen molar-refractivity contribution in [3.05, 3.63) is 35.8 Å². The number of fused-ring (bicyclic) bond motifs is 1. The molecule has 0 unspecified atom stereocenters. The standard InChI is InChI=1S/C17H22FN3O/c1-21(2)9-3-8-19-16(22)17(6-7-17)14-11-20-15-10-12(18)4-5-13(14)15/h4-5,10-11,20H,3,6-9H2,1-2H3,(H,19,22). The van der Waals surface area contributed by atoms with Gasteiger partial charge >= 0.3 is 0 Å². The van der Waals surface area contributed by atoms with Crippen molar-refractivity contribution >= 4 is 16.8 Å². The zero-order valence-corrected chi connectivity index (χ0v) is 13.1. The minimum absolute atomic E-state index is 0.0940. The molecule has 1 aromatic carbocycles. The number of carbonyl (C=O) groups excluding carboxylic acids is 1. The van der Waals surface area contributed by atoms with E-state index in [1.165, 1.54) is 12.1 Å². The van der Waals surface area contributed by atoms with Crippen molar-refractivity contribution in [3.8, 4) is 0 Å². The molecule has 0 radical (unpaired) electrons. The summed E-state index contributed by atoms with van der Waals surface area (Å²) in [4.78, 5) is 17.8. The molecule has 2 aromatic rings. The molecule has 3 rings (SSSR count). The Morgan fingerprint density at radius 2 is 2.18 bits per heavy atom. The van der Waals surface area contributed by atoms with Crippen LogP contribution in [0, 0.1) is 5.82 Å².